The zero-order valence-electron chi connectivity index (χ0n) is 19.3. The quantitative estimate of drug-likeness (QED) is 0.341. The lowest BCUT2D eigenvalue weighted by Crippen LogP contribution is -2.46. The monoisotopic (exact) mass is 488 g/mol. The second-order valence-electron chi connectivity index (χ2n) is 8.54. The van der Waals surface area contributed by atoms with Crippen molar-refractivity contribution in [2.75, 3.05) is 4.90 Å². The fourth-order valence-electron chi connectivity index (χ4n) is 4.37. The first-order chi connectivity index (χ1) is 16.8. The third kappa shape index (κ3) is 4.42. The Morgan fingerprint density at radius 2 is 1.63 bits per heavy atom. The summed E-state index contributed by atoms with van der Waals surface area (Å²) in [5.74, 6) is 0.235. The molecule has 1 aliphatic rings. The van der Waals surface area contributed by atoms with Crippen LogP contribution in [-0.4, -0.2) is 16.2 Å². The molecular formula is C27H22ClFN4O2. The Labute approximate surface area is 207 Å². The van der Waals surface area contributed by atoms with Crippen LogP contribution in [0, 0.1) is 19.7 Å². The number of anilines is 1. The molecule has 1 unspecified atom stereocenters. The lowest BCUT2D eigenvalue weighted by Gasteiger charge is -2.35. The number of nitrogens with zero attached hydrogens (tertiary/aromatic N) is 3. The summed E-state index contributed by atoms with van der Waals surface area (Å²) in [4.78, 5) is 19.6. The summed E-state index contributed by atoms with van der Waals surface area (Å²) in [6.07, 6.45) is 0. The minimum absolute atomic E-state index is 0.260. The van der Waals surface area contributed by atoms with Gasteiger partial charge in [0.1, 0.15) is 5.82 Å². The third-order valence-electron chi connectivity index (χ3n) is 5.91. The maximum absolute atomic E-state index is 13.4. The van der Waals surface area contributed by atoms with E-state index in [1.165, 1.54) is 12.1 Å². The molecule has 0 bridgehead atoms. The van der Waals surface area contributed by atoms with Crippen LogP contribution in [0.1, 0.15) is 35.5 Å². The lowest BCUT2D eigenvalue weighted by molar-refractivity contribution is 0.244. The van der Waals surface area contributed by atoms with Crippen LogP contribution in [0.4, 0.5) is 14.9 Å². The number of carbonyl (C=O) groups is 1. The van der Waals surface area contributed by atoms with Gasteiger partial charge in [-0.25, -0.2) is 9.18 Å². The van der Waals surface area contributed by atoms with Gasteiger partial charge in [0.05, 0.1) is 17.3 Å². The number of aromatic nitrogens is 2. The second kappa shape index (κ2) is 9.00. The Hall–Kier alpha value is -3.97. The van der Waals surface area contributed by atoms with Crippen molar-refractivity contribution < 1.29 is 13.7 Å². The number of carbonyl (C=O) groups excluding carboxylic acids is 1. The van der Waals surface area contributed by atoms with E-state index in [9.17, 15) is 9.18 Å². The highest BCUT2D eigenvalue weighted by molar-refractivity contribution is 6.30. The number of amides is 2. The van der Waals surface area contributed by atoms with Crippen LogP contribution in [0.5, 0.6) is 0 Å². The van der Waals surface area contributed by atoms with Crippen molar-refractivity contribution in [3.63, 3.8) is 0 Å². The van der Waals surface area contributed by atoms with Crippen molar-refractivity contribution >= 4 is 28.9 Å². The van der Waals surface area contributed by atoms with Crippen LogP contribution in [0.2, 0.25) is 5.02 Å². The Bertz CT molecular complexity index is 1420. The molecule has 5 rings (SSSR count). The Kier molecular flexibility index (Phi) is 5.86. The predicted molar refractivity (Wildman–Crippen MR) is 133 cm³/mol. The van der Waals surface area contributed by atoms with E-state index in [0.29, 0.717) is 27.7 Å². The fourth-order valence-corrected chi connectivity index (χ4v) is 4.49. The minimum Gasteiger partial charge on any atom is -0.334 e. The highest BCUT2D eigenvalue weighted by Gasteiger charge is 2.36. The number of hydrogen-bond donors (Lipinski definition) is 1. The zero-order valence-corrected chi connectivity index (χ0v) is 20.1. The molecule has 8 heteroatoms. The van der Waals surface area contributed by atoms with Crippen LogP contribution < -0.4 is 10.2 Å². The largest absolute Gasteiger partial charge is 0.334 e. The smallest absolute Gasteiger partial charge is 0.326 e. The number of urea groups is 1. The number of nitrogens with one attached hydrogen (secondary N) is 1. The number of allylic oxidation sites excluding steroid dienone is 1. The number of benzene rings is 3. The molecule has 176 valence electrons. The summed E-state index contributed by atoms with van der Waals surface area (Å²) >= 11 is 6.10. The van der Waals surface area contributed by atoms with Gasteiger partial charge in [-0.2, -0.15) is 4.98 Å². The van der Waals surface area contributed by atoms with Gasteiger partial charge in [0, 0.05) is 16.3 Å². The van der Waals surface area contributed by atoms with Crippen LogP contribution in [0.15, 0.2) is 77.0 Å². The van der Waals surface area contributed by atoms with Crippen LogP contribution in [0.25, 0.3) is 17.0 Å². The van der Waals surface area contributed by atoms with E-state index in [2.05, 4.69) is 21.5 Å². The van der Waals surface area contributed by atoms with E-state index >= 15 is 0 Å². The van der Waals surface area contributed by atoms with Gasteiger partial charge in [-0.1, -0.05) is 35.0 Å². The molecule has 1 N–H and O–H groups in total. The van der Waals surface area contributed by atoms with Gasteiger partial charge in [-0.05, 0) is 86.0 Å². The van der Waals surface area contributed by atoms with Crippen molar-refractivity contribution in [2.45, 2.75) is 26.8 Å². The molecule has 2 heterocycles. The molecule has 6 nitrogen and oxygen atoms in total. The van der Waals surface area contributed by atoms with Gasteiger partial charge in [0.15, 0.2) is 0 Å². The van der Waals surface area contributed by atoms with E-state index in [4.69, 9.17) is 16.1 Å². The van der Waals surface area contributed by atoms with Crippen molar-refractivity contribution in [3.05, 3.63) is 106 Å². The molecule has 1 aliphatic heterocycles. The maximum atomic E-state index is 13.4. The standard InChI is InChI=1S/C27H22ClFN4O2/c1-15-12-16(2)14-22(13-15)33-17(3)23(24(30-27(33)34)18-4-8-20(28)9-5-18)26-31-25(32-35-26)19-6-10-21(29)11-7-19/h4-14,24H,1-3H3,(H,30,34). The molecule has 35 heavy (non-hydrogen) atoms. The topological polar surface area (TPSA) is 71.3 Å². The zero-order chi connectivity index (χ0) is 24.7. The minimum atomic E-state index is -0.538. The molecule has 3 aromatic carbocycles. The SMILES string of the molecule is CC1=C(c2nc(-c3ccc(F)cc3)no2)C(c2ccc(Cl)cc2)NC(=O)N1c1cc(C)cc(C)c1. The average Bonchev–Trinajstić information content (AvgIpc) is 3.29. The number of halogens is 2. The molecular weight excluding hydrogens is 467 g/mol. The van der Waals surface area contributed by atoms with E-state index in [1.54, 1.807) is 29.2 Å². The molecule has 2 amide bonds. The van der Waals surface area contributed by atoms with Crippen LogP contribution >= 0.6 is 11.6 Å². The molecule has 1 aromatic heterocycles. The van der Waals surface area contributed by atoms with Crippen molar-refractivity contribution in [1.82, 2.24) is 15.5 Å². The van der Waals surface area contributed by atoms with Crippen LogP contribution in [0.3, 0.4) is 0 Å². The number of rotatable bonds is 4. The van der Waals surface area contributed by atoms with Gasteiger partial charge in [0.25, 0.3) is 5.89 Å². The number of hydrogen-bond acceptors (Lipinski definition) is 4. The highest BCUT2D eigenvalue weighted by Crippen LogP contribution is 2.39. The van der Waals surface area contributed by atoms with Gasteiger partial charge in [-0.3, -0.25) is 4.90 Å². The number of aryl methyl sites for hydroxylation is 2. The van der Waals surface area contributed by atoms with Gasteiger partial charge in [-0.15, -0.1) is 0 Å². The summed E-state index contributed by atoms with van der Waals surface area (Å²) in [6.45, 7) is 5.83. The molecule has 0 radical (unpaired) electrons. The molecule has 4 aromatic rings. The average molecular weight is 489 g/mol. The highest BCUT2D eigenvalue weighted by atomic mass is 35.5. The van der Waals surface area contributed by atoms with Crippen molar-refractivity contribution in [1.29, 1.82) is 0 Å². The third-order valence-corrected chi connectivity index (χ3v) is 6.16. The van der Waals surface area contributed by atoms with E-state index < -0.39 is 6.04 Å². The Morgan fingerprint density at radius 1 is 0.971 bits per heavy atom. The second-order valence-corrected chi connectivity index (χ2v) is 8.98. The Morgan fingerprint density at radius 3 is 2.29 bits per heavy atom. The molecule has 0 saturated heterocycles. The summed E-state index contributed by atoms with van der Waals surface area (Å²) in [5, 5.41) is 7.79. The molecule has 0 saturated carbocycles. The maximum Gasteiger partial charge on any atom is 0.326 e. The summed E-state index contributed by atoms with van der Waals surface area (Å²) in [5.41, 5.74) is 5.58. The van der Waals surface area contributed by atoms with Gasteiger partial charge in [0.2, 0.25) is 5.82 Å². The van der Waals surface area contributed by atoms with Crippen molar-refractivity contribution in [3.8, 4) is 11.4 Å². The normalized spacial score (nSPS) is 16.0. The van der Waals surface area contributed by atoms with E-state index in [1.807, 2.05) is 45.0 Å². The molecule has 1 atom stereocenters. The fraction of sp³-hybridized carbons (Fsp3) is 0.148. The molecule has 0 aliphatic carbocycles. The first kappa shape index (κ1) is 22.8. The molecule has 0 fully saturated rings. The first-order valence-corrected chi connectivity index (χ1v) is 11.4. The molecule has 0 spiro atoms. The van der Waals surface area contributed by atoms with E-state index in [0.717, 1.165) is 22.4 Å². The van der Waals surface area contributed by atoms with Crippen LogP contribution in [-0.2, 0) is 0 Å². The van der Waals surface area contributed by atoms with Crippen molar-refractivity contribution in [2.24, 2.45) is 0 Å². The summed E-state index contributed by atoms with van der Waals surface area (Å²) < 4.78 is 19.1. The predicted octanol–water partition coefficient (Wildman–Crippen LogP) is 6.85. The Balaban J connectivity index is 1.66. The lowest BCUT2D eigenvalue weighted by atomic mass is 9.94. The summed E-state index contributed by atoms with van der Waals surface area (Å²) in [6, 6.07) is 18.3. The first-order valence-electron chi connectivity index (χ1n) is 11.1. The van der Waals surface area contributed by atoms with Gasteiger partial charge < -0.3 is 9.84 Å². The van der Waals surface area contributed by atoms with Gasteiger partial charge >= 0.3 is 6.03 Å². The summed E-state index contributed by atoms with van der Waals surface area (Å²) in [7, 11) is 0. The van der Waals surface area contributed by atoms with E-state index in [-0.39, 0.29) is 17.7 Å².